The van der Waals surface area contributed by atoms with Crippen LogP contribution in [0.1, 0.15) is 10.4 Å². The van der Waals surface area contributed by atoms with E-state index in [4.69, 9.17) is 10.5 Å². The summed E-state index contributed by atoms with van der Waals surface area (Å²) in [5.74, 6) is -2.15. The van der Waals surface area contributed by atoms with E-state index in [-0.39, 0.29) is 11.3 Å². The Morgan fingerprint density at radius 2 is 1.94 bits per heavy atom. The number of morpholine rings is 1. The standard InChI is InChI=1S/C11H12F2N2O2/c12-7-5-8(10(13)9(14)6-7)11(16)15-1-3-17-4-2-15/h5-6H,1-4,14H2. The predicted octanol–water partition coefficient (Wildman–Crippen LogP) is 1.02. The average Bonchev–Trinajstić information content (AvgIpc) is 2.34. The first-order chi connectivity index (χ1) is 8.09. The molecule has 1 aliphatic heterocycles. The highest BCUT2D eigenvalue weighted by atomic mass is 19.1. The molecule has 1 amide bonds. The fraction of sp³-hybridized carbons (Fsp3) is 0.364. The van der Waals surface area contributed by atoms with Crippen LogP contribution in [0, 0.1) is 11.6 Å². The molecule has 17 heavy (non-hydrogen) atoms. The molecule has 92 valence electrons. The van der Waals surface area contributed by atoms with Crippen LogP contribution in [0.5, 0.6) is 0 Å². The third kappa shape index (κ3) is 2.36. The van der Waals surface area contributed by atoms with Crippen LogP contribution in [0.3, 0.4) is 0 Å². The van der Waals surface area contributed by atoms with Crippen molar-refractivity contribution in [2.45, 2.75) is 0 Å². The zero-order chi connectivity index (χ0) is 12.4. The van der Waals surface area contributed by atoms with Crippen LogP contribution in [-0.4, -0.2) is 37.1 Å². The zero-order valence-corrected chi connectivity index (χ0v) is 9.08. The molecule has 1 aromatic carbocycles. The number of carbonyl (C=O) groups is 1. The molecular weight excluding hydrogens is 230 g/mol. The smallest absolute Gasteiger partial charge is 0.257 e. The average molecular weight is 242 g/mol. The quantitative estimate of drug-likeness (QED) is 0.748. The van der Waals surface area contributed by atoms with Crippen molar-refractivity contribution < 1.29 is 18.3 Å². The Morgan fingerprint density at radius 3 is 2.59 bits per heavy atom. The Morgan fingerprint density at radius 1 is 1.29 bits per heavy atom. The second-order valence-corrected chi connectivity index (χ2v) is 3.76. The molecule has 1 aliphatic rings. The Bertz CT molecular complexity index is 445. The van der Waals surface area contributed by atoms with Crippen molar-refractivity contribution in [2.75, 3.05) is 32.0 Å². The molecule has 0 aliphatic carbocycles. The van der Waals surface area contributed by atoms with Crippen LogP contribution >= 0.6 is 0 Å². The molecule has 0 atom stereocenters. The number of nitrogens with zero attached hydrogens (tertiary/aromatic N) is 1. The van der Waals surface area contributed by atoms with Gasteiger partial charge in [-0.15, -0.1) is 0 Å². The van der Waals surface area contributed by atoms with Crippen LogP contribution in [0.4, 0.5) is 14.5 Å². The molecule has 4 nitrogen and oxygen atoms in total. The van der Waals surface area contributed by atoms with Gasteiger partial charge in [0.2, 0.25) is 0 Å². The number of amides is 1. The summed E-state index contributed by atoms with van der Waals surface area (Å²) in [4.78, 5) is 13.4. The zero-order valence-electron chi connectivity index (χ0n) is 9.08. The molecule has 1 fully saturated rings. The van der Waals surface area contributed by atoms with Crippen LogP contribution in [0.25, 0.3) is 0 Å². The number of hydrogen-bond acceptors (Lipinski definition) is 3. The lowest BCUT2D eigenvalue weighted by Gasteiger charge is -2.27. The highest BCUT2D eigenvalue weighted by Gasteiger charge is 2.23. The third-order valence-corrected chi connectivity index (χ3v) is 2.59. The van der Waals surface area contributed by atoms with Gasteiger partial charge in [-0.3, -0.25) is 4.79 Å². The monoisotopic (exact) mass is 242 g/mol. The molecule has 0 bridgehead atoms. The molecule has 2 rings (SSSR count). The number of carbonyl (C=O) groups excluding carboxylic acids is 1. The lowest BCUT2D eigenvalue weighted by molar-refractivity contribution is 0.0299. The first kappa shape index (κ1) is 11.8. The number of anilines is 1. The van der Waals surface area contributed by atoms with Crippen molar-refractivity contribution >= 4 is 11.6 Å². The SMILES string of the molecule is Nc1cc(F)cc(C(=O)N2CCOCC2)c1F. The van der Waals surface area contributed by atoms with Gasteiger partial charge in [-0.25, -0.2) is 8.78 Å². The van der Waals surface area contributed by atoms with Crippen LogP contribution in [0.2, 0.25) is 0 Å². The van der Waals surface area contributed by atoms with Gasteiger partial charge in [0.15, 0.2) is 5.82 Å². The lowest BCUT2D eigenvalue weighted by atomic mass is 10.1. The van der Waals surface area contributed by atoms with E-state index in [0.717, 1.165) is 12.1 Å². The van der Waals surface area contributed by atoms with E-state index in [1.165, 1.54) is 4.90 Å². The van der Waals surface area contributed by atoms with Gasteiger partial charge in [-0.05, 0) is 12.1 Å². The fourth-order valence-electron chi connectivity index (χ4n) is 1.70. The molecule has 1 heterocycles. The van der Waals surface area contributed by atoms with Gasteiger partial charge in [0, 0.05) is 13.1 Å². The van der Waals surface area contributed by atoms with Gasteiger partial charge < -0.3 is 15.4 Å². The minimum Gasteiger partial charge on any atom is -0.396 e. The molecule has 0 unspecified atom stereocenters. The normalized spacial score (nSPS) is 16.0. The maximum atomic E-state index is 13.6. The summed E-state index contributed by atoms with van der Waals surface area (Å²) in [7, 11) is 0. The molecule has 1 aromatic rings. The van der Waals surface area contributed by atoms with E-state index in [1.54, 1.807) is 0 Å². The number of halogens is 2. The molecule has 0 spiro atoms. The summed E-state index contributed by atoms with van der Waals surface area (Å²) in [5.41, 5.74) is 4.59. The fourth-order valence-corrected chi connectivity index (χ4v) is 1.70. The Balaban J connectivity index is 2.29. The Labute approximate surface area is 97.0 Å². The Kier molecular flexibility index (Phi) is 3.23. The van der Waals surface area contributed by atoms with Gasteiger partial charge in [0.1, 0.15) is 5.82 Å². The van der Waals surface area contributed by atoms with Crippen molar-refractivity contribution in [2.24, 2.45) is 0 Å². The first-order valence-electron chi connectivity index (χ1n) is 5.21. The topological polar surface area (TPSA) is 55.6 Å². The number of rotatable bonds is 1. The molecule has 1 saturated heterocycles. The van der Waals surface area contributed by atoms with Crippen molar-refractivity contribution in [3.8, 4) is 0 Å². The minimum atomic E-state index is -0.872. The number of hydrogen-bond donors (Lipinski definition) is 1. The van der Waals surface area contributed by atoms with E-state index < -0.39 is 17.5 Å². The highest BCUT2D eigenvalue weighted by molar-refractivity contribution is 5.95. The molecule has 0 radical (unpaired) electrons. The van der Waals surface area contributed by atoms with E-state index in [2.05, 4.69) is 0 Å². The number of ether oxygens (including phenoxy) is 1. The second kappa shape index (κ2) is 4.67. The van der Waals surface area contributed by atoms with E-state index >= 15 is 0 Å². The summed E-state index contributed by atoms with van der Waals surface area (Å²) in [6.07, 6.45) is 0. The number of nitrogen functional groups attached to an aromatic ring is 1. The maximum absolute atomic E-state index is 13.6. The maximum Gasteiger partial charge on any atom is 0.257 e. The predicted molar refractivity (Wildman–Crippen MR) is 57.5 cm³/mol. The minimum absolute atomic E-state index is 0.329. The van der Waals surface area contributed by atoms with Crippen molar-refractivity contribution in [1.82, 2.24) is 4.90 Å². The summed E-state index contributed by atoms with van der Waals surface area (Å²) >= 11 is 0. The largest absolute Gasteiger partial charge is 0.396 e. The van der Waals surface area contributed by atoms with E-state index in [9.17, 15) is 13.6 Å². The first-order valence-corrected chi connectivity index (χ1v) is 5.21. The van der Waals surface area contributed by atoms with Crippen LogP contribution in [-0.2, 0) is 4.74 Å². The lowest BCUT2D eigenvalue weighted by Crippen LogP contribution is -2.41. The van der Waals surface area contributed by atoms with Gasteiger partial charge in [0.25, 0.3) is 5.91 Å². The van der Waals surface area contributed by atoms with E-state index in [1.807, 2.05) is 0 Å². The van der Waals surface area contributed by atoms with Crippen LogP contribution in [0.15, 0.2) is 12.1 Å². The van der Waals surface area contributed by atoms with Gasteiger partial charge in [-0.1, -0.05) is 0 Å². The third-order valence-electron chi connectivity index (χ3n) is 2.59. The molecule has 0 aromatic heterocycles. The summed E-state index contributed by atoms with van der Waals surface area (Å²) in [6, 6.07) is 1.72. The number of benzene rings is 1. The van der Waals surface area contributed by atoms with Gasteiger partial charge in [0.05, 0.1) is 24.5 Å². The Hall–Kier alpha value is -1.69. The highest BCUT2D eigenvalue weighted by Crippen LogP contribution is 2.19. The van der Waals surface area contributed by atoms with Gasteiger partial charge in [-0.2, -0.15) is 0 Å². The molecule has 0 saturated carbocycles. The summed E-state index contributed by atoms with van der Waals surface area (Å²) in [5, 5.41) is 0. The number of nitrogens with two attached hydrogens (primary N) is 1. The molecule has 6 heteroatoms. The van der Waals surface area contributed by atoms with Crippen molar-refractivity contribution in [3.63, 3.8) is 0 Å². The molecule has 2 N–H and O–H groups in total. The summed E-state index contributed by atoms with van der Waals surface area (Å²) in [6.45, 7) is 1.54. The van der Waals surface area contributed by atoms with Crippen molar-refractivity contribution in [1.29, 1.82) is 0 Å². The van der Waals surface area contributed by atoms with E-state index in [0.29, 0.717) is 26.3 Å². The summed E-state index contributed by atoms with van der Waals surface area (Å²) < 4.78 is 31.8. The van der Waals surface area contributed by atoms with Gasteiger partial charge >= 0.3 is 0 Å². The van der Waals surface area contributed by atoms with Crippen molar-refractivity contribution in [3.05, 3.63) is 29.3 Å². The molecular formula is C11H12F2N2O2. The van der Waals surface area contributed by atoms with Crippen LogP contribution < -0.4 is 5.73 Å². The second-order valence-electron chi connectivity index (χ2n) is 3.76.